The summed E-state index contributed by atoms with van der Waals surface area (Å²) in [6.45, 7) is 6.44. The normalized spacial score (nSPS) is 12.7. The van der Waals surface area contributed by atoms with E-state index in [1.54, 1.807) is 0 Å². The number of imidazole rings is 1. The lowest BCUT2D eigenvalue weighted by atomic mass is 10.2. The van der Waals surface area contributed by atoms with Crippen LogP contribution in [0.25, 0.3) is 11.2 Å². The van der Waals surface area contributed by atoms with Crippen molar-refractivity contribution in [3.05, 3.63) is 59.3 Å². The van der Waals surface area contributed by atoms with Crippen LogP contribution >= 0.6 is 34.5 Å². The van der Waals surface area contributed by atoms with E-state index in [4.69, 9.17) is 28.0 Å². The lowest BCUT2D eigenvalue weighted by Crippen LogP contribution is -2.40. The van der Waals surface area contributed by atoms with Crippen molar-refractivity contribution in [2.75, 3.05) is 0 Å². The minimum atomic E-state index is -0.427. The van der Waals surface area contributed by atoms with Crippen molar-refractivity contribution in [2.24, 2.45) is 5.16 Å². The topological polar surface area (TPSA) is 94.3 Å². The average molecular weight is 498 g/mol. The van der Waals surface area contributed by atoms with Crippen LogP contribution in [0.4, 0.5) is 0 Å². The van der Waals surface area contributed by atoms with Gasteiger partial charge in [-0.1, -0.05) is 30.1 Å². The highest BCUT2D eigenvalue weighted by Crippen LogP contribution is 2.22. The van der Waals surface area contributed by atoms with E-state index in [9.17, 15) is 9.59 Å². The molecule has 0 aliphatic heterocycles. The molecule has 11 heteroatoms. The molecule has 3 aromatic rings. The largest absolute Gasteiger partial charge is 0.362 e. The number of halogens is 2. The number of fused-ring (bicyclic) bond motifs is 1. The van der Waals surface area contributed by atoms with E-state index in [1.165, 1.54) is 20.5 Å². The van der Waals surface area contributed by atoms with Crippen LogP contribution in [0.5, 0.6) is 0 Å². The molecule has 0 spiro atoms. The van der Waals surface area contributed by atoms with Gasteiger partial charge in [-0.15, -0.1) is 11.3 Å². The van der Waals surface area contributed by atoms with Crippen LogP contribution in [0.2, 0.25) is 9.62 Å². The van der Waals surface area contributed by atoms with Crippen molar-refractivity contribution in [1.82, 2.24) is 19.1 Å². The van der Waals surface area contributed by atoms with Crippen LogP contribution in [0.15, 0.2) is 38.7 Å². The molecule has 3 rings (SSSR count). The molecule has 0 aliphatic carbocycles. The Morgan fingerprint density at radius 2 is 2.00 bits per heavy atom. The van der Waals surface area contributed by atoms with Gasteiger partial charge in [0, 0.05) is 19.5 Å². The van der Waals surface area contributed by atoms with Gasteiger partial charge in [0.2, 0.25) is 5.28 Å². The molecule has 0 bridgehead atoms. The molecule has 0 atom stereocenters. The molecule has 0 fully saturated rings. The fraction of sp³-hybridized carbons (Fsp3) is 0.429. The van der Waals surface area contributed by atoms with Crippen molar-refractivity contribution >= 4 is 51.4 Å². The standard InChI is InChI=1S/C21H25Cl2N5O3S/c1-4-6-11-27-18-17(24-20(23)25-18)19(29)28(21(27)30)12-7-8-14(5-2)31-26-13(3)15-9-10-16(22)32-15/h5,9-10H,4,6-8,11-12H2,1-3H3,(H,24,25)/b14-5+,26-13+. The van der Waals surface area contributed by atoms with Crippen LogP contribution in [0.1, 0.15) is 51.3 Å². The van der Waals surface area contributed by atoms with Gasteiger partial charge < -0.3 is 9.82 Å². The fourth-order valence-corrected chi connectivity index (χ4v) is 4.34. The molecule has 8 nitrogen and oxygen atoms in total. The maximum atomic E-state index is 13.0. The van der Waals surface area contributed by atoms with Gasteiger partial charge >= 0.3 is 5.69 Å². The first-order valence-electron chi connectivity index (χ1n) is 10.4. The van der Waals surface area contributed by atoms with Gasteiger partial charge in [0.25, 0.3) is 5.56 Å². The number of thiophene rings is 1. The number of hydrogen-bond donors (Lipinski definition) is 1. The minimum Gasteiger partial charge on any atom is -0.362 e. The summed E-state index contributed by atoms with van der Waals surface area (Å²) in [5.74, 6) is 0.650. The number of nitrogens with zero attached hydrogens (tertiary/aromatic N) is 4. The summed E-state index contributed by atoms with van der Waals surface area (Å²) in [7, 11) is 0. The Morgan fingerprint density at radius 3 is 2.66 bits per heavy atom. The molecule has 0 aliphatic rings. The zero-order valence-electron chi connectivity index (χ0n) is 18.2. The Balaban J connectivity index is 1.74. The number of H-pyrrole nitrogens is 1. The lowest BCUT2D eigenvalue weighted by molar-refractivity contribution is 0.213. The van der Waals surface area contributed by atoms with Crippen LogP contribution in [-0.4, -0.2) is 24.8 Å². The summed E-state index contributed by atoms with van der Waals surface area (Å²) < 4.78 is 3.42. The molecule has 0 aromatic carbocycles. The van der Waals surface area contributed by atoms with Crippen molar-refractivity contribution in [3.8, 4) is 0 Å². The molecular formula is C21H25Cl2N5O3S. The van der Waals surface area contributed by atoms with E-state index in [1.807, 2.05) is 39.0 Å². The van der Waals surface area contributed by atoms with E-state index < -0.39 is 5.56 Å². The third kappa shape index (κ3) is 5.51. The van der Waals surface area contributed by atoms with Crippen molar-refractivity contribution < 1.29 is 4.84 Å². The molecule has 0 radical (unpaired) electrons. The molecule has 1 N–H and O–H groups in total. The molecule has 3 aromatic heterocycles. The minimum absolute atomic E-state index is 0.0874. The fourth-order valence-electron chi connectivity index (χ4n) is 3.19. The van der Waals surface area contributed by atoms with Gasteiger partial charge in [-0.3, -0.25) is 13.9 Å². The summed E-state index contributed by atoms with van der Waals surface area (Å²) >= 11 is 13.4. The molecule has 0 amide bonds. The first kappa shape index (κ1) is 24.3. The Hall–Kier alpha value is -2.36. The number of hydrogen-bond acceptors (Lipinski definition) is 6. The monoisotopic (exact) mass is 497 g/mol. The van der Waals surface area contributed by atoms with E-state index in [-0.39, 0.29) is 23.0 Å². The Labute approximate surface area is 199 Å². The number of rotatable bonds is 10. The van der Waals surface area contributed by atoms with E-state index >= 15 is 0 Å². The van der Waals surface area contributed by atoms with Crippen molar-refractivity contribution in [1.29, 1.82) is 0 Å². The summed E-state index contributed by atoms with van der Waals surface area (Å²) in [6.07, 6.45) is 4.56. The number of nitrogens with one attached hydrogen (secondary N) is 1. The highest BCUT2D eigenvalue weighted by Gasteiger charge is 2.16. The predicted octanol–water partition coefficient (Wildman–Crippen LogP) is 5.18. The molecule has 0 saturated carbocycles. The first-order chi connectivity index (χ1) is 15.3. The molecule has 0 saturated heterocycles. The quantitative estimate of drug-likeness (QED) is 0.180. The van der Waals surface area contributed by atoms with E-state index in [0.717, 1.165) is 23.4 Å². The summed E-state index contributed by atoms with van der Waals surface area (Å²) in [5, 5.41) is 4.26. The number of allylic oxidation sites excluding steroid dienone is 2. The van der Waals surface area contributed by atoms with Gasteiger partial charge in [0.1, 0.15) is 5.76 Å². The molecule has 3 heterocycles. The van der Waals surface area contributed by atoms with E-state index in [2.05, 4.69) is 15.1 Å². The van der Waals surface area contributed by atoms with Gasteiger partial charge in [0.05, 0.1) is 14.9 Å². The second-order valence-electron chi connectivity index (χ2n) is 7.20. The Morgan fingerprint density at radius 1 is 1.25 bits per heavy atom. The zero-order chi connectivity index (χ0) is 23.3. The molecule has 172 valence electrons. The third-order valence-corrected chi connectivity index (χ3v) is 6.44. The molecule has 32 heavy (non-hydrogen) atoms. The van der Waals surface area contributed by atoms with E-state index in [0.29, 0.717) is 35.1 Å². The van der Waals surface area contributed by atoms with Crippen LogP contribution < -0.4 is 11.2 Å². The van der Waals surface area contributed by atoms with Gasteiger partial charge in [-0.25, -0.2) is 4.79 Å². The number of unbranched alkanes of at least 4 members (excludes halogenated alkanes) is 1. The average Bonchev–Trinajstić information content (AvgIpc) is 3.38. The number of aromatic nitrogens is 4. The first-order valence-corrected chi connectivity index (χ1v) is 11.9. The SMILES string of the molecule is C/C=C(\CCCn1c(=O)c2[nH]c(Cl)nc2n(CCCC)c1=O)O/N=C(\C)c1ccc(Cl)s1. The number of aromatic amines is 1. The second kappa shape index (κ2) is 11.0. The van der Waals surface area contributed by atoms with Crippen LogP contribution in [-0.2, 0) is 17.9 Å². The lowest BCUT2D eigenvalue weighted by Gasteiger charge is -2.11. The van der Waals surface area contributed by atoms with Crippen molar-refractivity contribution in [3.63, 3.8) is 0 Å². The highest BCUT2D eigenvalue weighted by atomic mass is 35.5. The van der Waals surface area contributed by atoms with Gasteiger partial charge in [-0.2, -0.15) is 4.98 Å². The maximum absolute atomic E-state index is 13.0. The summed E-state index contributed by atoms with van der Waals surface area (Å²) in [4.78, 5) is 39.2. The second-order valence-corrected chi connectivity index (χ2v) is 9.27. The predicted molar refractivity (Wildman–Crippen MR) is 130 cm³/mol. The molecular weight excluding hydrogens is 473 g/mol. The van der Waals surface area contributed by atoms with Gasteiger partial charge in [-0.05, 0) is 56.5 Å². The highest BCUT2D eigenvalue weighted by molar-refractivity contribution is 7.18. The Kier molecular flexibility index (Phi) is 8.33. The zero-order valence-corrected chi connectivity index (χ0v) is 20.5. The number of oxime groups is 1. The van der Waals surface area contributed by atoms with Crippen LogP contribution in [0.3, 0.4) is 0 Å². The smallest absolute Gasteiger partial charge is 0.332 e. The van der Waals surface area contributed by atoms with Gasteiger partial charge in [0.15, 0.2) is 11.2 Å². The maximum Gasteiger partial charge on any atom is 0.332 e. The number of aryl methyl sites for hydroxylation is 1. The summed E-state index contributed by atoms with van der Waals surface area (Å²) in [5.41, 5.74) is 0.445. The Bertz CT molecular complexity index is 1270. The van der Waals surface area contributed by atoms with Crippen LogP contribution in [0, 0.1) is 0 Å². The summed E-state index contributed by atoms with van der Waals surface area (Å²) in [6, 6.07) is 3.70. The van der Waals surface area contributed by atoms with Crippen molar-refractivity contribution in [2.45, 2.75) is 59.5 Å². The molecule has 0 unspecified atom stereocenters. The third-order valence-electron chi connectivity index (χ3n) is 4.92.